The van der Waals surface area contributed by atoms with Gasteiger partial charge in [0.2, 0.25) is 5.91 Å². The van der Waals surface area contributed by atoms with Crippen LogP contribution in [0.3, 0.4) is 0 Å². The number of benzene rings is 2. The van der Waals surface area contributed by atoms with Gasteiger partial charge in [-0.2, -0.15) is 0 Å². The van der Waals surface area contributed by atoms with Gasteiger partial charge in [0.05, 0.1) is 11.0 Å². The Morgan fingerprint density at radius 1 is 1.11 bits per heavy atom. The predicted molar refractivity (Wildman–Crippen MR) is 110 cm³/mol. The van der Waals surface area contributed by atoms with E-state index in [1.807, 2.05) is 30.0 Å². The van der Waals surface area contributed by atoms with Crippen LogP contribution in [0.5, 0.6) is 0 Å². The van der Waals surface area contributed by atoms with Gasteiger partial charge in [0.15, 0.2) is 0 Å². The molecule has 0 spiro atoms. The molecule has 2 aromatic carbocycles. The van der Waals surface area contributed by atoms with Crippen molar-refractivity contribution < 1.29 is 4.79 Å². The molecule has 3 aromatic rings. The molecular weight excluding hydrogens is 334 g/mol. The van der Waals surface area contributed by atoms with Gasteiger partial charge in [0.25, 0.3) is 0 Å². The Kier molecular flexibility index (Phi) is 4.80. The maximum atomic E-state index is 12.1. The van der Waals surface area contributed by atoms with Crippen molar-refractivity contribution in [2.45, 2.75) is 33.4 Å². The fraction of sp³-hybridized carbons (Fsp3) is 0.304. The number of rotatable bonds is 5. The van der Waals surface area contributed by atoms with E-state index in [1.54, 1.807) is 0 Å². The van der Waals surface area contributed by atoms with E-state index in [0.29, 0.717) is 6.54 Å². The number of carbonyl (C=O) groups excluding carboxylic acids is 1. The number of amides is 1. The number of carbonyl (C=O) groups is 1. The molecule has 1 saturated heterocycles. The van der Waals surface area contributed by atoms with Gasteiger partial charge in [0.1, 0.15) is 5.82 Å². The summed E-state index contributed by atoms with van der Waals surface area (Å²) in [6.07, 6.45) is 5.14. The van der Waals surface area contributed by atoms with E-state index in [-0.39, 0.29) is 11.8 Å². The van der Waals surface area contributed by atoms with Crippen molar-refractivity contribution >= 4 is 29.1 Å². The van der Waals surface area contributed by atoms with E-state index in [0.717, 1.165) is 36.4 Å². The van der Waals surface area contributed by atoms with Crippen molar-refractivity contribution in [1.29, 1.82) is 0 Å². The molecule has 0 bridgehead atoms. The third kappa shape index (κ3) is 3.52. The fourth-order valence-corrected chi connectivity index (χ4v) is 3.73. The zero-order valence-corrected chi connectivity index (χ0v) is 15.9. The van der Waals surface area contributed by atoms with Crippen LogP contribution in [0.2, 0.25) is 0 Å². The van der Waals surface area contributed by atoms with Crippen molar-refractivity contribution in [3.63, 3.8) is 0 Å². The van der Waals surface area contributed by atoms with E-state index in [2.05, 4.69) is 54.0 Å². The summed E-state index contributed by atoms with van der Waals surface area (Å²) in [5.74, 6) is 1.42. The number of aromatic nitrogens is 2. The van der Waals surface area contributed by atoms with Crippen molar-refractivity contribution in [2.24, 2.45) is 5.92 Å². The van der Waals surface area contributed by atoms with E-state index in [1.165, 1.54) is 11.1 Å². The van der Waals surface area contributed by atoms with Gasteiger partial charge in [-0.25, -0.2) is 4.98 Å². The number of para-hydroxylation sites is 2. The summed E-state index contributed by atoms with van der Waals surface area (Å²) in [5.41, 5.74) is 4.50. The molecule has 138 valence electrons. The highest BCUT2D eigenvalue weighted by Crippen LogP contribution is 2.21. The van der Waals surface area contributed by atoms with Gasteiger partial charge in [-0.1, -0.05) is 49.4 Å². The monoisotopic (exact) mass is 359 g/mol. The molecule has 2 heterocycles. The summed E-state index contributed by atoms with van der Waals surface area (Å²) in [4.78, 5) is 18.8. The average molecular weight is 359 g/mol. The third-order valence-electron chi connectivity index (χ3n) is 5.34. The van der Waals surface area contributed by atoms with Crippen molar-refractivity contribution in [2.75, 3.05) is 6.54 Å². The van der Waals surface area contributed by atoms with Crippen LogP contribution < -0.4 is 0 Å². The highest BCUT2D eigenvalue weighted by atomic mass is 16.2. The number of fused-ring (bicyclic) bond motifs is 1. The molecule has 27 heavy (non-hydrogen) atoms. The Morgan fingerprint density at radius 2 is 1.89 bits per heavy atom. The Bertz CT molecular complexity index is 985. The highest BCUT2D eigenvalue weighted by Gasteiger charge is 2.27. The third-order valence-corrected chi connectivity index (χ3v) is 5.34. The molecule has 4 heteroatoms. The number of hydrogen-bond acceptors (Lipinski definition) is 2. The molecule has 0 aliphatic carbocycles. The quantitative estimate of drug-likeness (QED) is 0.668. The minimum absolute atomic E-state index is 0.171. The Balaban J connectivity index is 1.49. The molecule has 1 fully saturated rings. The van der Waals surface area contributed by atoms with Crippen LogP contribution in [0.25, 0.3) is 23.2 Å². The standard InChI is InChI=1S/C23H25N3O/c1-3-26-21-7-5-4-6-20(21)24-22(26)13-12-18-8-10-19(11-9-18)16-25-15-14-17(2)23(25)27/h4-13,17H,3,14-16H2,1-2H3/b13-12+. The van der Waals surface area contributed by atoms with Crippen LogP contribution in [-0.2, 0) is 17.9 Å². The number of aryl methyl sites for hydroxylation is 1. The van der Waals surface area contributed by atoms with Gasteiger partial charge in [0, 0.05) is 25.6 Å². The largest absolute Gasteiger partial charge is 0.338 e. The molecule has 1 aliphatic rings. The lowest BCUT2D eigenvalue weighted by molar-refractivity contribution is -0.131. The Hall–Kier alpha value is -2.88. The van der Waals surface area contributed by atoms with E-state index >= 15 is 0 Å². The Morgan fingerprint density at radius 3 is 2.59 bits per heavy atom. The van der Waals surface area contributed by atoms with Crippen LogP contribution in [0.1, 0.15) is 37.2 Å². The summed E-state index contributed by atoms with van der Waals surface area (Å²) in [6.45, 7) is 6.62. The SMILES string of the molecule is CCn1c(/C=C/c2ccc(CN3CCC(C)C3=O)cc2)nc2ccccc21. The topological polar surface area (TPSA) is 38.1 Å². The highest BCUT2D eigenvalue weighted by molar-refractivity contribution is 5.81. The second-order valence-corrected chi connectivity index (χ2v) is 7.23. The average Bonchev–Trinajstić information content (AvgIpc) is 3.21. The summed E-state index contributed by atoms with van der Waals surface area (Å²) >= 11 is 0. The van der Waals surface area contributed by atoms with Crippen LogP contribution >= 0.6 is 0 Å². The maximum absolute atomic E-state index is 12.1. The molecule has 1 unspecified atom stereocenters. The molecule has 4 nitrogen and oxygen atoms in total. The summed E-state index contributed by atoms with van der Waals surface area (Å²) in [5, 5.41) is 0. The number of hydrogen-bond donors (Lipinski definition) is 0. The minimum Gasteiger partial charge on any atom is -0.338 e. The number of nitrogens with zero attached hydrogens (tertiary/aromatic N) is 3. The molecule has 0 saturated carbocycles. The van der Waals surface area contributed by atoms with Crippen molar-refractivity contribution in [3.8, 4) is 0 Å². The summed E-state index contributed by atoms with van der Waals surface area (Å²) in [6, 6.07) is 16.7. The molecule has 1 amide bonds. The predicted octanol–water partition coefficient (Wildman–Crippen LogP) is 4.60. The minimum atomic E-state index is 0.171. The van der Waals surface area contributed by atoms with Crippen molar-refractivity contribution in [1.82, 2.24) is 14.5 Å². The van der Waals surface area contributed by atoms with E-state index in [9.17, 15) is 4.79 Å². The molecular formula is C23H25N3O. The molecule has 0 N–H and O–H groups in total. The van der Waals surface area contributed by atoms with Crippen LogP contribution in [0, 0.1) is 5.92 Å². The van der Waals surface area contributed by atoms with Gasteiger partial charge in [-0.05, 0) is 42.7 Å². The number of likely N-dealkylation sites (tertiary alicyclic amines) is 1. The molecule has 1 aromatic heterocycles. The first-order valence-electron chi connectivity index (χ1n) is 9.67. The lowest BCUT2D eigenvalue weighted by Gasteiger charge is -2.16. The Labute approximate surface area is 160 Å². The molecule has 4 rings (SSSR count). The molecule has 0 radical (unpaired) electrons. The van der Waals surface area contributed by atoms with Gasteiger partial charge in [-0.15, -0.1) is 0 Å². The molecule has 1 atom stereocenters. The fourth-order valence-electron chi connectivity index (χ4n) is 3.73. The smallest absolute Gasteiger partial charge is 0.225 e. The number of imidazole rings is 1. The van der Waals surface area contributed by atoms with Gasteiger partial charge in [-0.3, -0.25) is 4.79 Å². The second kappa shape index (κ2) is 7.39. The zero-order valence-electron chi connectivity index (χ0n) is 15.9. The normalized spacial score (nSPS) is 17.5. The lowest BCUT2D eigenvalue weighted by atomic mass is 10.1. The van der Waals surface area contributed by atoms with Crippen molar-refractivity contribution in [3.05, 3.63) is 65.5 Å². The van der Waals surface area contributed by atoms with Crippen LogP contribution in [-0.4, -0.2) is 26.9 Å². The summed E-state index contributed by atoms with van der Waals surface area (Å²) in [7, 11) is 0. The first-order valence-corrected chi connectivity index (χ1v) is 9.67. The van der Waals surface area contributed by atoms with Gasteiger partial charge >= 0.3 is 0 Å². The summed E-state index contributed by atoms with van der Waals surface area (Å²) < 4.78 is 2.22. The van der Waals surface area contributed by atoms with Crippen LogP contribution in [0.4, 0.5) is 0 Å². The van der Waals surface area contributed by atoms with Crippen LogP contribution in [0.15, 0.2) is 48.5 Å². The second-order valence-electron chi connectivity index (χ2n) is 7.23. The first-order chi connectivity index (χ1) is 13.2. The lowest BCUT2D eigenvalue weighted by Crippen LogP contribution is -2.26. The van der Waals surface area contributed by atoms with E-state index < -0.39 is 0 Å². The zero-order chi connectivity index (χ0) is 18.8. The first kappa shape index (κ1) is 17.5. The van der Waals surface area contributed by atoms with E-state index in [4.69, 9.17) is 4.98 Å². The molecule has 1 aliphatic heterocycles. The van der Waals surface area contributed by atoms with Gasteiger partial charge < -0.3 is 9.47 Å². The maximum Gasteiger partial charge on any atom is 0.225 e.